The van der Waals surface area contributed by atoms with Crippen molar-refractivity contribution in [3.8, 4) is 11.1 Å². The first kappa shape index (κ1) is 32.4. The monoisotopic (exact) mass is 710 g/mol. The van der Waals surface area contributed by atoms with Crippen LogP contribution >= 0.6 is 11.6 Å². The molecule has 0 spiro atoms. The molecule has 0 nitrogen and oxygen atoms in total. The van der Waals surface area contributed by atoms with E-state index < -0.39 is 21.3 Å². The van der Waals surface area contributed by atoms with Crippen molar-refractivity contribution in [2.24, 2.45) is 0 Å². The molecule has 0 aromatic heterocycles. The standard InChI is InChI=1S/C23H29.C17H11Cl.C5H5.Zr/c1-14-9-16-11-17-10-15(2)21(23(6,7)8)13-19(17)18(16)12-20(14)22(3,4)5;18-16-10-8-13(9-11-16)12-15-6-3-5-14-4-1-2-7-17(14)15;1-2-4-5-3-1;/h9,12-13H,11H2,1-8H3;1-11H;1-3H,4H2;. The Kier molecular flexibility index (Phi) is 8.34. The Labute approximate surface area is 294 Å². The van der Waals surface area contributed by atoms with E-state index in [9.17, 15) is 0 Å². The van der Waals surface area contributed by atoms with E-state index in [-0.39, 0.29) is 10.8 Å². The second kappa shape index (κ2) is 12.1. The third-order valence-corrected chi connectivity index (χ3v) is 18.4. The van der Waals surface area contributed by atoms with Gasteiger partial charge < -0.3 is 0 Å². The Morgan fingerprint density at radius 3 is 2.11 bits per heavy atom. The molecule has 0 atom stereocenters. The topological polar surface area (TPSA) is 0 Å². The average molecular weight is 713 g/mol. The van der Waals surface area contributed by atoms with Crippen LogP contribution < -0.4 is 3.27 Å². The van der Waals surface area contributed by atoms with Crippen molar-refractivity contribution >= 4 is 28.9 Å². The quantitative estimate of drug-likeness (QED) is 0.171. The molecule has 0 bridgehead atoms. The molecule has 2 aliphatic carbocycles. The van der Waals surface area contributed by atoms with Gasteiger partial charge in [0.2, 0.25) is 0 Å². The van der Waals surface area contributed by atoms with Gasteiger partial charge in [0.05, 0.1) is 0 Å². The van der Waals surface area contributed by atoms with E-state index in [0.29, 0.717) is 0 Å². The first-order valence-corrected chi connectivity index (χ1v) is 21.1. The number of aryl methyl sites for hydroxylation is 1. The van der Waals surface area contributed by atoms with Crippen LogP contribution in [0.15, 0.2) is 106 Å². The summed E-state index contributed by atoms with van der Waals surface area (Å²) in [4.78, 5) is 0. The molecule has 47 heavy (non-hydrogen) atoms. The van der Waals surface area contributed by atoms with Gasteiger partial charge in [-0.1, -0.05) is 0 Å². The summed E-state index contributed by atoms with van der Waals surface area (Å²) in [6, 6.07) is 32.2. The number of benzene rings is 5. The molecule has 0 fully saturated rings. The average Bonchev–Trinajstić information content (AvgIpc) is 3.67. The molecule has 5 aromatic rings. The molecule has 0 unspecified atom stereocenters. The van der Waals surface area contributed by atoms with Gasteiger partial charge in [-0.2, -0.15) is 0 Å². The molecule has 5 aromatic carbocycles. The van der Waals surface area contributed by atoms with E-state index in [1.807, 2.05) is 0 Å². The van der Waals surface area contributed by atoms with E-state index >= 15 is 0 Å². The zero-order chi connectivity index (χ0) is 33.2. The van der Waals surface area contributed by atoms with Gasteiger partial charge in [0.25, 0.3) is 0 Å². The van der Waals surface area contributed by atoms with Crippen LogP contribution in [0.5, 0.6) is 0 Å². The predicted octanol–water partition coefficient (Wildman–Crippen LogP) is 11.6. The van der Waals surface area contributed by atoms with Crippen LogP contribution in [0.2, 0.25) is 5.02 Å². The number of fused-ring (bicyclic) bond motifs is 4. The third kappa shape index (κ3) is 5.83. The van der Waals surface area contributed by atoms with Crippen LogP contribution in [-0.2, 0) is 38.5 Å². The molecule has 2 heteroatoms. The molecule has 2 aliphatic rings. The van der Waals surface area contributed by atoms with Crippen LogP contribution in [0.1, 0.15) is 92.5 Å². The summed E-state index contributed by atoms with van der Waals surface area (Å²) in [7, 11) is 0. The van der Waals surface area contributed by atoms with Gasteiger partial charge in [0, 0.05) is 0 Å². The Hall–Kier alpha value is -3.12. The van der Waals surface area contributed by atoms with Crippen LogP contribution in [0.25, 0.3) is 21.9 Å². The molecular weight excluding hydrogens is 667 g/mol. The fourth-order valence-corrected chi connectivity index (χ4v) is 16.7. The SMILES string of the molecule is Cc1cc2c(cc1C(C)(C)C)-c1cc(C(C)(C)C)c(C)[c](/[Zr]([C]3=CC=CC3)=[C](\c3ccc(Cl)cc3)c3cccc4ccccc34)c1C2. The summed E-state index contributed by atoms with van der Waals surface area (Å²) >= 11 is 3.63. The first-order chi connectivity index (χ1) is 22.3. The van der Waals surface area contributed by atoms with Gasteiger partial charge in [-0.3, -0.25) is 0 Å². The van der Waals surface area contributed by atoms with E-state index in [1.165, 1.54) is 60.8 Å². The van der Waals surface area contributed by atoms with Crippen LogP contribution in [0.4, 0.5) is 0 Å². The van der Waals surface area contributed by atoms with Gasteiger partial charge in [0.15, 0.2) is 0 Å². The summed E-state index contributed by atoms with van der Waals surface area (Å²) in [5, 5.41) is 3.41. The van der Waals surface area contributed by atoms with E-state index in [2.05, 4.69) is 159 Å². The normalized spacial score (nSPS) is 14.7. The molecule has 7 rings (SSSR count). The van der Waals surface area contributed by atoms with Crippen LogP contribution in [0.3, 0.4) is 0 Å². The van der Waals surface area contributed by atoms with Crippen molar-refractivity contribution < 1.29 is 21.3 Å². The molecule has 236 valence electrons. The number of rotatable bonds is 4. The minimum absolute atomic E-state index is 0.0185. The van der Waals surface area contributed by atoms with Crippen molar-refractivity contribution in [1.82, 2.24) is 0 Å². The summed E-state index contributed by atoms with van der Waals surface area (Å²) < 4.78 is 4.87. The summed E-state index contributed by atoms with van der Waals surface area (Å²) in [5.74, 6) is 0. The van der Waals surface area contributed by atoms with E-state index in [1.54, 1.807) is 15.3 Å². The number of hydrogen-bond donors (Lipinski definition) is 0. The Bertz CT molecular complexity index is 2150. The van der Waals surface area contributed by atoms with Gasteiger partial charge in [-0.15, -0.1) is 0 Å². The second-order valence-corrected chi connectivity index (χ2v) is 21.9. The Morgan fingerprint density at radius 2 is 1.43 bits per heavy atom. The van der Waals surface area contributed by atoms with Crippen molar-refractivity contribution in [1.29, 1.82) is 0 Å². The number of hydrogen-bond acceptors (Lipinski definition) is 0. The molecule has 0 radical (unpaired) electrons. The van der Waals surface area contributed by atoms with E-state index in [4.69, 9.17) is 11.6 Å². The van der Waals surface area contributed by atoms with Crippen molar-refractivity contribution in [2.75, 3.05) is 0 Å². The summed E-state index contributed by atoms with van der Waals surface area (Å²) in [6.45, 7) is 19.0. The maximum atomic E-state index is 6.55. The van der Waals surface area contributed by atoms with Crippen molar-refractivity contribution in [3.63, 3.8) is 0 Å². The Balaban J connectivity index is 1.66. The second-order valence-electron chi connectivity index (χ2n) is 15.6. The molecule has 0 aliphatic heterocycles. The van der Waals surface area contributed by atoms with E-state index in [0.717, 1.165) is 17.9 Å². The van der Waals surface area contributed by atoms with Crippen LogP contribution in [0, 0.1) is 13.8 Å². The predicted molar refractivity (Wildman–Crippen MR) is 202 cm³/mol. The maximum absolute atomic E-state index is 6.55. The molecule has 0 heterocycles. The van der Waals surface area contributed by atoms with Crippen molar-refractivity contribution in [2.45, 2.75) is 79.1 Å². The molecule has 0 N–H and O–H groups in total. The Morgan fingerprint density at radius 1 is 0.745 bits per heavy atom. The number of allylic oxidation sites excluding steroid dienone is 4. The van der Waals surface area contributed by atoms with Gasteiger partial charge in [0.1, 0.15) is 0 Å². The molecule has 0 saturated heterocycles. The molecule has 0 amide bonds. The third-order valence-electron chi connectivity index (χ3n) is 10.2. The number of halogens is 1. The van der Waals surface area contributed by atoms with Crippen molar-refractivity contribution in [3.05, 3.63) is 156 Å². The molecular formula is C45H45ClZr. The van der Waals surface area contributed by atoms with Gasteiger partial charge in [-0.25, -0.2) is 0 Å². The molecule has 0 saturated carbocycles. The zero-order valence-electron chi connectivity index (χ0n) is 29.1. The van der Waals surface area contributed by atoms with Gasteiger partial charge in [-0.05, 0) is 0 Å². The zero-order valence-corrected chi connectivity index (χ0v) is 32.3. The fourth-order valence-electron chi connectivity index (χ4n) is 8.11. The minimum atomic E-state index is -2.92. The first-order valence-electron chi connectivity index (χ1n) is 17.0. The summed E-state index contributed by atoms with van der Waals surface area (Å²) in [6.07, 6.45) is 9.18. The van der Waals surface area contributed by atoms with Gasteiger partial charge >= 0.3 is 296 Å². The fraction of sp³-hybridized carbons (Fsp3) is 0.267. The summed E-state index contributed by atoms with van der Waals surface area (Å²) in [5.41, 5.74) is 14.6. The van der Waals surface area contributed by atoms with Crippen LogP contribution in [-0.4, -0.2) is 3.21 Å².